The van der Waals surface area contributed by atoms with Crippen molar-refractivity contribution in [1.82, 2.24) is 10.2 Å². The van der Waals surface area contributed by atoms with Crippen LogP contribution in [-0.4, -0.2) is 36.1 Å². The predicted octanol–water partition coefficient (Wildman–Crippen LogP) is 4.05. The third-order valence-electron chi connectivity index (χ3n) is 5.04. The van der Waals surface area contributed by atoms with E-state index in [1.807, 2.05) is 11.3 Å². The Morgan fingerprint density at radius 3 is 2.85 bits per heavy atom. The molecule has 3 rings (SSSR count). The molecule has 2 aliphatic rings. The number of hydrogen-bond acceptors (Lipinski definition) is 3. The number of piperazine rings is 1. The summed E-state index contributed by atoms with van der Waals surface area (Å²) in [6.45, 7) is 5.99. The predicted molar refractivity (Wildman–Crippen MR) is 90.6 cm³/mol. The minimum Gasteiger partial charge on any atom is -0.308 e. The number of rotatable bonds is 4. The Labute approximate surface area is 135 Å². The Morgan fingerprint density at radius 2 is 2.20 bits per heavy atom. The molecule has 0 radical (unpaired) electrons. The summed E-state index contributed by atoms with van der Waals surface area (Å²) in [5, 5.41) is 3.88. The molecule has 1 saturated carbocycles. The highest BCUT2D eigenvalue weighted by Gasteiger charge is 2.40. The summed E-state index contributed by atoms with van der Waals surface area (Å²) in [5.41, 5.74) is 0.446. The van der Waals surface area contributed by atoms with Crippen LogP contribution in [0.15, 0.2) is 15.9 Å². The molecule has 1 aliphatic heterocycles. The molecule has 1 aliphatic carbocycles. The van der Waals surface area contributed by atoms with E-state index < -0.39 is 0 Å². The first kappa shape index (κ1) is 15.0. The molecular weight excluding hydrogens is 332 g/mol. The zero-order chi connectivity index (χ0) is 14.0. The van der Waals surface area contributed by atoms with Crippen LogP contribution in [0.3, 0.4) is 0 Å². The van der Waals surface area contributed by atoms with Gasteiger partial charge in [-0.15, -0.1) is 11.3 Å². The van der Waals surface area contributed by atoms with Crippen molar-refractivity contribution in [3.63, 3.8) is 0 Å². The van der Waals surface area contributed by atoms with Gasteiger partial charge < -0.3 is 5.32 Å². The van der Waals surface area contributed by atoms with Crippen LogP contribution in [0.4, 0.5) is 0 Å². The van der Waals surface area contributed by atoms with Crippen molar-refractivity contribution in [2.24, 2.45) is 0 Å². The molecule has 1 aromatic rings. The molecule has 20 heavy (non-hydrogen) atoms. The molecular formula is C16H25BrN2S. The molecule has 1 saturated heterocycles. The van der Waals surface area contributed by atoms with Gasteiger partial charge in [0.2, 0.25) is 0 Å². The highest BCUT2D eigenvalue weighted by atomic mass is 79.9. The van der Waals surface area contributed by atoms with E-state index in [2.05, 4.69) is 45.2 Å². The van der Waals surface area contributed by atoms with E-state index in [0.29, 0.717) is 5.54 Å². The smallest absolute Gasteiger partial charge is 0.0701 e. The van der Waals surface area contributed by atoms with Gasteiger partial charge in [-0.1, -0.05) is 19.8 Å². The Morgan fingerprint density at radius 1 is 1.40 bits per heavy atom. The summed E-state index contributed by atoms with van der Waals surface area (Å²) in [6.07, 6.45) is 8.04. The third-order valence-corrected chi connectivity index (χ3v) is 6.72. The highest BCUT2D eigenvalue weighted by molar-refractivity contribution is 9.11. The van der Waals surface area contributed by atoms with Gasteiger partial charge in [-0.3, -0.25) is 4.90 Å². The normalized spacial score (nSPS) is 26.4. The topological polar surface area (TPSA) is 15.3 Å². The van der Waals surface area contributed by atoms with Crippen LogP contribution in [0.1, 0.15) is 43.9 Å². The molecule has 0 amide bonds. The van der Waals surface area contributed by atoms with Crippen LogP contribution in [0.5, 0.6) is 0 Å². The van der Waals surface area contributed by atoms with Crippen molar-refractivity contribution in [3.8, 4) is 0 Å². The van der Waals surface area contributed by atoms with Crippen molar-refractivity contribution >= 4 is 27.3 Å². The minimum absolute atomic E-state index is 0.446. The van der Waals surface area contributed by atoms with Crippen molar-refractivity contribution < 1.29 is 0 Å². The second-order valence-electron chi connectivity index (χ2n) is 6.36. The lowest BCUT2D eigenvalue weighted by Gasteiger charge is -2.46. The summed E-state index contributed by atoms with van der Waals surface area (Å²) in [6, 6.07) is 5.17. The van der Waals surface area contributed by atoms with Gasteiger partial charge in [-0.2, -0.15) is 0 Å². The molecule has 1 unspecified atom stereocenters. The van der Waals surface area contributed by atoms with Crippen LogP contribution in [0, 0.1) is 0 Å². The van der Waals surface area contributed by atoms with E-state index in [-0.39, 0.29) is 0 Å². The van der Waals surface area contributed by atoms with E-state index >= 15 is 0 Å². The van der Waals surface area contributed by atoms with E-state index in [0.717, 1.165) is 6.04 Å². The van der Waals surface area contributed by atoms with Crippen LogP contribution in [0.2, 0.25) is 0 Å². The average molecular weight is 357 g/mol. The van der Waals surface area contributed by atoms with Gasteiger partial charge >= 0.3 is 0 Å². The van der Waals surface area contributed by atoms with Crippen LogP contribution in [-0.2, 0) is 6.42 Å². The first-order valence-corrected chi connectivity index (χ1v) is 9.55. The zero-order valence-electron chi connectivity index (χ0n) is 12.3. The maximum Gasteiger partial charge on any atom is 0.0701 e. The van der Waals surface area contributed by atoms with Crippen LogP contribution < -0.4 is 5.32 Å². The van der Waals surface area contributed by atoms with E-state index in [9.17, 15) is 0 Å². The average Bonchev–Trinajstić information content (AvgIpc) is 3.07. The SMILES string of the molecule is CCC1CNC2(CCCC2)CN1CCc1ccc(Br)s1. The number of nitrogens with one attached hydrogen (secondary N) is 1. The largest absolute Gasteiger partial charge is 0.308 e. The Bertz CT molecular complexity index is 439. The number of hydrogen-bond donors (Lipinski definition) is 1. The lowest BCUT2D eigenvalue weighted by atomic mass is 9.91. The summed E-state index contributed by atoms with van der Waals surface area (Å²) in [4.78, 5) is 4.26. The molecule has 0 bridgehead atoms. The maximum atomic E-state index is 3.88. The molecule has 112 valence electrons. The van der Waals surface area contributed by atoms with Crippen molar-refractivity contribution in [3.05, 3.63) is 20.8 Å². The molecule has 2 nitrogen and oxygen atoms in total. The molecule has 2 fully saturated rings. The highest BCUT2D eigenvalue weighted by Crippen LogP contribution is 2.33. The molecule has 1 aromatic heterocycles. The number of halogens is 1. The van der Waals surface area contributed by atoms with E-state index in [4.69, 9.17) is 0 Å². The Kier molecular flexibility index (Phi) is 4.86. The second-order valence-corrected chi connectivity index (χ2v) is 8.90. The Balaban J connectivity index is 1.61. The van der Waals surface area contributed by atoms with Gasteiger partial charge in [0.15, 0.2) is 0 Å². The monoisotopic (exact) mass is 356 g/mol. The minimum atomic E-state index is 0.446. The first-order valence-electron chi connectivity index (χ1n) is 7.94. The molecule has 1 atom stereocenters. The van der Waals surface area contributed by atoms with Crippen molar-refractivity contribution in [1.29, 1.82) is 0 Å². The molecule has 1 N–H and O–H groups in total. The van der Waals surface area contributed by atoms with E-state index in [1.165, 1.54) is 66.8 Å². The standard InChI is InChI=1S/C16H25BrN2S/c1-2-13-11-18-16(8-3-4-9-16)12-19(13)10-7-14-5-6-15(17)20-14/h5-6,13,18H,2-4,7-12H2,1H3. The van der Waals surface area contributed by atoms with Gasteiger partial charge in [0, 0.05) is 36.1 Å². The Hall–Kier alpha value is 0.1000. The van der Waals surface area contributed by atoms with Gasteiger partial charge in [-0.05, 0) is 53.7 Å². The van der Waals surface area contributed by atoms with E-state index in [1.54, 1.807) is 0 Å². The molecule has 4 heteroatoms. The summed E-state index contributed by atoms with van der Waals surface area (Å²) < 4.78 is 1.26. The van der Waals surface area contributed by atoms with Crippen LogP contribution >= 0.6 is 27.3 Å². The fraction of sp³-hybridized carbons (Fsp3) is 0.750. The second kappa shape index (κ2) is 6.47. The summed E-state index contributed by atoms with van der Waals surface area (Å²) in [7, 11) is 0. The fourth-order valence-electron chi connectivity index (χ4n) is 3.83. The van der Waals surface area contributed by atoms with Gasteiger partial charge in [-0.25, -0.2) is 0 Å². The summed E-state index contributed by atoms with van der Waals surface area (Å²) in [5.74, 6) is 0. The number of thiophene rings is 1. The lowest BCUT2D eigenvalue weighted by molar-refractivity contribution is 0.0796. The summed E-state index contributed by atoms with van der Waals surface area (Å²) >= 11 is 5.45. The maximum absolute atomic E-state index is 3.88. The van der Waals surface area contributed by atoms with Crippen LogP contribution in [0.25, 0.3) is 0 Å². The number of nitrogens with zero attached hydrogens (tertiary/aromatic N) is 1. The van der Waals surface area contributed by atoms with Gasteiger partial charge in [0.25, 0.3) is 0 Å². The van der Waals surface area contributed by atoms with Gasteiger partial charge in [0.05, 0.1) is 3.79 Å². The molecule has 0 aromatic carbocycles. The quantitative estimate of drug-likeness (QED) is 0.875. The lowest BCUT2D eigenvalue weighted by Crippen LogP contribution is -2.63. The fourth-order valence-corrected chi connectivity index (χ4v) is 5.30. The first-order chi connectivity index (χ1) is 9.71. The van der Waals surface area contributed by atoms with Crippen molar-refractivity contribution in [2.75, 3.05) is 19.6 Å². The third kappa shape index (κ3) is 3.29. The van der Waals surface area contributed by atoms with Gasteiger partial charge in [0.1, 0.15) is 0 Å². The van der Waals surface area contributed by atoms with Crippen molar-refractivity contribution in [2.45, 2.75) is 57.0 Å². The zero-order valence-corrected chi connectivity index (χ0v) is 14.7. The molecule has 1 spiro atoms. The molecule has 2 heterocycles.